The van der Waals surface area contributed by atoms with E-state index in [0.29, 0.717) is 11.1 Å². The first kappa shape index (κ1) is 15.8. The van der Waals surface area contributed by atoms with Crippen LogP contribution in [-0.2, 0) is 11.3 Å². The molecule has 0 atom stereocenters. The van der Waals surface area contributed by atoms with Crippen LogP contribution < -0.4 is 10.7 Å². The third-order valence-corrected chi connectivity index (χ3v) is 4.10. The largest absolute Gasteiger partial charge is 0.338 e. The zero-order valence-electron chi connectivity index (χ0n) is 13.9. The summed E-state index contributed by atoms with van der Waals surface area (Å²) in [7, 11) is 0. The van der Waals surface area contributed by atoms with Crippen LogP contribution in [0.3, 0.4) is 0 Å². The van der Waals surface area contributed by atoms with Crippen LogP contribution in [-0.4, -0.2) is 20.3 Å². The molecule has 0 spiro atoms. The minimum absolute atomic E-state index is 0.0517. The number of aromatic nitrogens is 3. The smallest absolute Gasteiger partial charge is 0.244 e. The van der Waals surface area contributed by atoms with E-state index in [1.54, 1.807) is 27.7 Å². The summed E-state index contributed by atoms with van der Waals surface area (Å²) in [5.74, 6) is -0.170. The first-order chi connectivity index (χ1) is 12.7. The molecule has 128 valence electrons. The second-order valence-corrected chi connectivity index (χ2v) is 5.87. The lowest BCUT2D eigenvalue weighted by Crippen LogP contribution is -2.20. The van der Waals surface area contributed by atoms with Gasteiger partial charge in [-0.1, -0.05) is 18.2 Å². The number of anilines is 1. The molecule has 0 saturated carbocycles. The van der Waals surface area contributed by atoms with Gasteiger partial charge in [0.2, 0.25) is 5.91 Å². The van der Waals surface area contributed by atoms with Crippen LogP contribution in [0.5, 0.6) is 0 Å². The highest BCUT2D eigenvalue weighted by molar-refractivity contribution is 5.92. The van der Waals surface area contributed by atoms with E-state index in [2.05, 4.69) is 10.4 Å². The van der Waals surface area contributed by atoms with Gasteiger partial charge in [0.25, 0.3) is 0 Å². The topological polar surface area (TPSA) is 68.9 Å². The molecule has 4 aromatic rings. The van der Waals surface area contributed by atoms with E-state index in [1.807, 2.05) is 54.7 Å². The normalized spacial score (nSPS) is 10.8. The van der Waals surface area contributed by atoms with Gasteiger partial charge < -0.3 is 9.88 Å². The van der Waals surface area contributed by atoms with Gasteiger partial charge in [0, 0.05) is 35.7 Å². The van der Waals surface area contributed by atoms with Crippen molar-refractivity contribution in [2.75, 3.05) is 5.32 Å². The van der Waals surface area contributed by atoms with Crippen LogP contribution in [0.4, 0.5) is 5.69 Å². The standard InChI is InChI=1S/C20H16N4O2/c25-19-9-12-23(18-8-2-1-7-17(18)19)14-20(26)22-15-5-3-6-16(13-15)24-11-4-10-21-24/h1-13H,14H2,(H,22,26). The molecule has 0 aliphatic rings. The molecule has 6 nitrogen and oxygen atoms in total. The minimum Gasteiger partial charge on any atom is -0.338 e. The number of hydrogen-bond acceptors (Lipinski definition) is 3. The number of pyridine rings is 1. The van der Waals surface area contributed by atoms with Crippen LogP contribution in [0.15, 0.2) is 84.0 Å². The number of carbonyl (C=O) groups excluding carboxylic acids is 1. The van der Waals surface area contributed by atoms with E-state index >= 15 is 0 Å². The molecule has 0 aliphatic carbocycles. The van der Waals surface area contributed by atoms with Gasteiger partial charge in [0.15, 0.2) is 5.43 Å². The van der Waals surface area contributed by atoms with Gasteiger partial charge in [-0.25, -0.2) is 4.68 Å². The summed E-state index contributed by atoms with van der Waals surface area (Å²) in [6.45, 7) is 0.118. The van der Waals surface area contributed by atoms with Crippen molar-refractivity contribution in [2.45, 2.75) is 6.54 Å². The van der Waals surface area contributed by atoms with Gasteiger partial charge in [-0.3, -0.25) is 9.59 Å². The number of nitrogens with zero attached hydrogens (tertiary/aromatic N) is 3. The maximum absolute atomic E-state index is 12.5. The van der Waals surface area contributed by atoms with Gasteiger partial charge in [0.05, 0.1) is 11.2 Å². The zero-order valence-corrected chi connectivity index (χ0v) is 13.9. The van der Waals surface area contributed by atoms with Gasteiger partial charge in [-0.2, -0.15) is 5.10 Å². The average Bonchev–Trinajstić information content (AvgIpc) is 3.19. The van der Waals surface area contributed by atoms with Crippen molar-refractivity contribution in [3.8, 4) is 5.69 Å². The van der Waals surface area contributed by atoms with Crippen molar-refractivity contribution >= 4 is 22.5 Å². The Morgan fingerprint density at radius 1 is 1.00 bits per heavy atom. The van der Waals surface area contributed by atoms with Crippen molar-refractivity contribution in [1.82, 2.24) is 14.3 Å². The lowest BCUT2D eigenvalue weighted by molar-refractivity contribution is -0.116. The van der Waals surface area contributed by atoms with Crippen LogP contribution >= 0.6 is 0 Å². The number of amides is 1. The highest BCUT2D eigenvalue weighted by atomic mass is 16.2. The minimum atomic E-state index is -0.170. The Kier molecular flexibility index (Phi) is 4.07. The number of para-hydroxylation sites is 1. The van der Waals surface area contributed by atoms with Gasteiger partial charge in [-0.15, -0.1) is 0 Å². The van der Waals surface area contributed by atoms with Crippen molar-refractivity contribution in [3.63, 3.8) is 0 Å². The van der Waals surface area contributed by atoms with E-state index in [1.165, 1.54) is 6.07 Å². The summed E-state index contributed by atoms with van der Waals surface area (Å²) in [6, 6.07) is 18.0. The van der Waals surface area contributed by atoms with Gasteiger partial charge in [-0.05, 0) is 36.4 Å². The molecule has 2 aromatic heterocycles. The van der Waals surface area contributed by atoms with Crippen LogP contribution in [0.2, 0.25) is 0 Å². The second kappa shape index (κ2) is 6.68. The molecule has 0 aliphatic heterocycles. The van der Waals surface area contributed by atoms with E-state index in [9.17, 15) is 9.59 Å². The Morgan fingerprint density at radius 2 is 1.88 bits per heavy atom. The van der Waals surface area contributed by atoms with Crippen molar-refractivity contribution < 1.29 is 4.79 Å². The number of rotatable bonds is 4. The summed E-state index contributed by atoms with van der Waals surface area (Å²) < 4.78 is 3.49. The monoisotopic (exact) mass is 344 g/mol. The first-order valence-electron chi connectivity index (χ1n) is 8.19. The quantitative estimate of drug-likeness (QED) is 0.619. The molecular weight excluding hydrogens is 328 g/mol. The fourth-order valence-corrected chi connectivity index (χ4v) is 2.90. The Bertz CT molecular complexity index is 1130. The number of benzene rings is 2. The van der Waals surface area contributed by atoms with E-state index in [-0.39, 0.29) is 17.9 Å². The third-order valence-electron chi connectivity index (χ3n) is 4.10. The highest BCUT2D eigenvalue weighted by Crippen LogP contribution is 2.15. The van der Waals surface area contributed by atoms with Crippen molar-refractivity contribution in [2.24, 2.45) is 0 Å². The number of fused-ring (bicyclic) bond motifs is 1. The molecule has 1 N–H and O–H groups in total. The molecule has 0 saturated heterocycles. The Labute approximate surface area is 149 Å². The lowest BCUT2D eigenvalue weighted by Gasteiger charge is -2.11. The van der Waals surface area contributed by atoms with Crippen molar-refractivity contribution in [3.05, 3.63) is 89.5 Å². The fourth-order valence-electron chi connectivity index (χ4n) is 2.90. The third kappa shape index (κ3) is 3.12. The number of nitrogens with one attached hydrogen (secondary N) is 1. The summed E-state index contributed by atoms with van der Waals surface area (Å²) in [5, 5.41) is 7.68. The molecular formula is C20H16N4O2. The molecule has 4 rings (SSSR count). The lowest BCUT2D eigenvalue weighted by atomic mass is 10.2. The maximum Gasteiger partial charge on any atom is 0.244 e. The van der Waals surface area contributed by atoms with E-state index < -0.39 is 0 Å². The molecule has 0 radical (unpaired) electrons. The molecule has 1 amide bonds. The van der Waals surface area contributed by atoms with E-state index in [0.717, 1.165) is 11.2 Å². The van der Waals surface area contributed by atoms with E-state index in [4.69, 9.17) is 0 Å². The van der Waals surface area contributed by atoms with Gasteiger partial charge >= 0.3 is 0 Å². The Balaban J connectivity index is 1.56. The van der Waals surface area contributed by atoms with Crippen molar-refractivity contribution in [1.29, 1.82) is 0 Å². The molecule has 0 unspecified atom stereocenters. The fraction of sp³-hybridized carbons (Fsp3) is 0.0500. The molecule has 2 aromatic carbocycles. The molecule has 0 bridgehead atoms. The molecule has 0 fully saturated rings. The molecule has 2 heterocycles. The Morgan fingerprint density at radius 3 is 2.73 bits per heavy atom. The van der Waals surface area contributed by atoms with Crippen LogP contribution in [0.25, 0.3) is 16.6 Å². The van der Waals surface area contributed by atoms with Crippen LogP contribution in [0, 0.1) is 0 Å². The molecule has 26 heavy (non-hydrogen) atoms. The van der Waals surface area contributed by atoms with Crippen LogP contribution in [0.1, 0.15) is 0 Å². The molecule has 6 heteroatoms. The summed E-state index contributed by atoms with van der Waals surface area (Å²) in [5.41, 5.74) is 2.24. The first-order valence-corrected chi connectivity index (χ1v) is 8.19. The second-order valence-electron chi connectivity index (χ2n) is 5.87. The highest BCUT2D eigenvalue weighted by Gasteiger charge is 2.08. The number of carbonyl (C=O) groups is 1. The summed E-state index contributed by atoms with van der Waals surface area (Å²) in [6.07, 6.45) is 5.19. The zero-order chi connectivity index (χ0) is 17.9. The summed E-state index contributed by atoms with van der Waals surface area (Å²) >= 11 is 0. The average molecular weight is 344 g/mol. The number of hydrogen-bond donors (Lipinski definition) is 1. The predicted octanol–water partition coefficient (Wildman–Crippen LogP) is 2.83. The Hall–Kier alpha value is -3.67. The summed E-state index contributed by atoms with van der Waals surface area (Å²) in [4.78, 5) is 24.4. The predicted molar refractivity (Wildman–Crippen MR) is 100 cm³/mol. The van der Waals surface area contributed by atoms with Gasteiger partial charge in [0.1, 0.15) is 6.54 Å². The SMILES string of the molecule is O=C(Cn1ccc(=O)c2ccccc21)Nc1cccc(-n2cccn2)c1. The maximum atomic E-state index is 12.5.